The highest BCUT2D eigenvalue weighted by Crippen LogP contribution is 1.97. The monoisotopic (exact) mass is 178 g/mol. The Morgan fingerprint density at radius 3 is 1.44 bits per heavy atom. The minimum Gasteiger partial charge on any atom is -0.272 e. The molecule has 9 heteroatoms. The summed E-state index contributed by atoms with van der Waals surface area (Å²) in [7, 11) is -10.6. The van der Waals surface area contributed by atoms with Gasteiger partial charge in [0.05, 0.1) is 0 Å². The summed E-state index contributed by atoms with van der Waals surface area (Å²) in [6.07, 6.45) is 0. The molecule has 0 aromatic heterocycles. The Kier molecular flexibility index (Phi) is 2.14. The average molecular weight is 178 g/mol. The normalized spacial score (nSPS) is 13.6. The maximum Gasteiger partial charge on any atom is 0.425 e. The standard InChI is InChI=1S/H2O7S2/c1-7-9(5,6)8(2,3)4/h1H,(H,2,3,4). The van der Waals surface area contributed by atoms with E-state index < -0.39 is 18.3 Å². The summed E-state index contributed by atoms with van der Waals surface area (Å²) in [5.41, 5.74) is 0. The molecule has 0 atom stereocenters. The van der Waals surface area contributed by atoms with Gasteiger partial charge in [-0.1, -0.05) is 4.33 Å². The minimum absolute atomic E-state index is 2.44. The fraction of sp³-hybridized carbons (Fsp3) is 0. The van der Waals surface area contributed by atoms with Crippen molar-refractivity contribution in [1.29, 1.82) is 0 Å². The SMILES string of the molecule is O=S(=O)(O)S(=O)(=O)OO. The van der Waals surface area contributed by atoms with Gasteiger partial charge in [-0.05, 0) is 0 Å². The molecule has 0 aromatic rings. The average Bonchev–Trinajstić information content (AvgIpc) is 1.64. The summed E-state index contributed by atoms with van der Waals surface area (Å²) in [5, 5.41) is 7.30. The van der Waals surface area contributed by atoms with Gasteiger partial charge in [-0.15, -0.1) is 0 Å². The van der Waals surface area contributed by atoms with E-state index >= 15 is 0 Å². The first-order valence-electron chi connectivity index (χ1n) is 1.37. The molecule has 0 rings (SSSR count). The van der Waals surface area contributed by atoms with Gasteiger partial charge in [0, 0.05) is 0 Å². The van der Waals surface area contributed by atoms with E-state index in [0.717, 1.165) is 0 Å². The van der Waals surface area contributed by atoms with E-state index in [4.69, 9.17) is 9.81 Å². The molecule has 0 saturated heterocycles. The Hall–Kier alpha value is -0.220. The fourth-order valence-electron chi connectivity index (χ4n) is 0.0385. The largest absolute Gasteiger partial charge is 0.425 e. The predicted octanol–water partition coefficient (Wildman–Crippen LogP) is -1.39. The number of rotatable bonds is 2. The third-order valence-corrected chi connectivity index (χ3v) is 2.78. The highest BCUT2D eigenvalue weighted by atomic mass is 33.2. The Labute approximate surface area is 50.1 Å². The molecule has 0 heterocycles. The Bertz CT molecular complexity index is 262. The Morgan fingerprint density at radius 1 is 1.11 bits per heavy atom. The molecule has 0 unspecified atom stereocenters. The van der Waals surface area contributed by atoms with E-state index in [2.05, 4.69) is 4.33 Å². The lowest BCUT2D eigenvalue weighted by atomic mass is 15.0. The second-order valence-corrected chi connectivity index (χ2v) is 5.22. The zero-order chi connectivity index (χ0) is 7.71. The molecular formula is H2O7S2. The zero-order valence-electron chi connectivity index (χ0n) is 3.75. The molecule has 0 radical (unpaired) electrons. The van der Waals surface area contributed by atoms with E-state index in [1.807, 2.05) is 0 Å². The molecule has 0 amide bonds. The van der Waals surface area contributed by atoms with Crippen LogP contribution in [0.5, 0.6) is 0 Å². The molecule has 7 nitrogen and oxygen atoms in total. The molecule has 0 spiro atoms. The highest BCUT2D eigenvalue weighted by Gasteiger charge is 2.28. The van der Waals surface area contributed by atoms with Crippen molar-refractivity contribution in [3.05, 3.63) is 0 Å². The zero-order valence-corrected chi connectivity index (χ0v) is 5.39. The van der Waals surface area contributed by atoms with Gasteiger partial charge in [-0.3, -0.25) is 4.55 Å². The van der Waals surface area contributed by atoms with Gasteiger partial charge >= 0.3 is 18.3 Å². The predicted molar refractivity (Wildman–Crippen MR) is 24.2 cm³/mol. The van der Waals surface area contributed by atoms with Crippen molar-refractivity contribution < 1.29 is 31.0 Å². The quantitative estimate of drug-likeness (QED) is 0.231. The van der Waals surface area contributed by atoms with Crippen LogP contribution < -0.4 is 0 Å². The molecule has 0 aliphatic rings. The van der Waals surface area contributed by atoms with Gasteiger partial charge in [0.1, 0.15) is 0 Å². The lowest BCUT2D eigenvalue weighted by Crippen LogP contribution is -2.15. The lowest BCUT2D eigenvalue weighted by Gasteiger charge is -1.90. The van der Waals surface area contributed by atoms with E-state index in [9.17, 15) is 16.8 Å². The molecule has 0 aromatic carbocycles. The molecule has 0 saturated carbocycles. The van der Waals surface area contributed by atoms with Gasteiger partial charge < -0.3 is 0 Å². The van der Waals surface area contributed by atoms with Gasteiger partial charge in [0.25, 0.3) is 0 Å². The van der Waals surface area contributed by atoms with Crippen molar-refractivity contribution in [2.45, 2.75) is 0 Å². The number of hydrogen-bond acceptors (Lipinski definition) is 6. The molecule has 56 valence electrons. The van der Waals surface area contributed by atoms with Crippen molar-refractivity contribution in [2.24, 2.45) is 0 Å². The third kappa shape index (κ3) is 1.87. The maximum absolute atomic E-state index is 9.71. The smallest absolute Gasteiger partial charge is 0.272 e. The van der Waals surface area contributed by atoms with E-state index in [1.165, 1.54) is 0 Å². The van der Waals surface area contributed by atoms with Crippen LogP contribution in [0.25, 0.3) is 0 Å². The van der Waals surface area contributed by atoms with Gasteiger partial charge in [-0.25, -0.2) is 5.26 Å². The topological polar surface area (TPSA) is 118 Å². The fourth-order valence-corrected chi connectivity index (χ4v) is 0.346. The number of hydrogen-bond donors (Lipinski definition) is 2. The van der Waals surface area contributed by atoms with Crippen LogP contribution in [0.1, 0.15) is 0 Å². The highest BCUT2D eigenvalue weighted by molar-refractivity contribution is 8.62. The second kappa shape index (κ2) is 2.19. The first-order valence-corrected chi connectivity index (χ1v) is 4.73. The first kappa shape index (κ1) is 8.78. The summed E-state index contributed by atoms with van der Waals surface area (Å²) in [5.74, 6) is 0. The van der Waals surface area contributed by atoms with Crippen LogP contribution in [0, 0.1) is 0 Å². The minimum atomic E-state index is -5.35. The van der Waals surface area contributed by atoms with E-state index in [1.54, 1.807) is 0 Å². The molecule has 0 bridgehead atoms. The van der Waals surface area contributed by atoms with Crippen LogP contribution in [0.2, 0.25) is 0 Å². The Morgan fingerprint density at radius 2 is 1.44 bits per heavy atom. The van der Waals surface area contributed by atoms with Crippen LogP contribution in [0.4, 0.5) is 0 Å². The van der Waals surface area contributed by atoms with Crippen LogP contribution in [-0.2, 0) is 22.6 Å². The second-order valence-electron chi connectivity index (χ2n) is 0.911. The first-order chi connectivity index (χ1) is 3.81. The Balaban J connectivity index is 5.07. The summed E-state index contributed by atoms with van der Waals surface area (Å²) in [6, 6.07) is 0. The van der Waals surface area contributed by atoms with Crippen LogP contribution in [0.15, 0.2) is 0 Å². The van der Waals surface area contributed by atoms with Crippen LogP contribution >= 0.6 is 0 Å². The summed E-state index contributed by atoms with van der Waals surface area (Å²) >= 11 is 0. The maximum atomic E-state index is 9.71. The van der Waals surface area contributed by atoms with Crippen molar-refractivity contribution in [2.75, 3.05) is 0 Å². The van der Waals surface area contributed by atoms with Crippen molar-refractivity contribution in [3.8, 4) is 0 Å². The van der Waals surface area contributed by atoms with Gasteiger partial charge in [0.2, 0.25) is 0 Å². The van der Waals surface area contributed by atoms with E-state index in [-0.39, 0.29) is 0 Å². The van der Waals surface area contributed by atoms with Gasteiger partial charge in [0.15, 0.2) is 0 Å². The molecular weight excluding hydrogens is 176 g/mol. The summed E-state index contributed by atoms with van der Waals surface area (Å²) in [6.45, 7) is 0. The molecule has 0 aliphatic carbocycles. The molecule has 0 aliphatic heterocycles. The van der Waals surface area contributed by atoms with Gasteiger partial charge in [-0.2, -0.15) is 16.8 Å². The lowest BCUT2D eigenvalue weighted by molar-refractivity contribution is -0.127. The van der Waals surface area contributed by atoms with Crippen molar-refractivity contribution in [1.82, 2.24) is 0 Å². The molecule has 0 fully saturated rings. The molecule has 2 N–H and O–H groups in total. The van der Waals surface area contributed by atoms with Crippen LogP contribution in [-0.4, -0.2) is 26.6 Å². The van der Waals surface area contributed by atoms with E-state index in [0.29, 0.717) is 0 Å². The third-order valence-electron chi connectivity index (χ3n) is 0.349. The van der Waals surface area contributed by atoms with Crippen molar-refractivity contribution in [3.63, 3.8) is 0 Å². The summed E-state index contributed by atoms with van der Waals surface area (Å²) < 4.78 is 48.6. The molecule has 9 heavy (non-hydrogen) atoms. The van der Waals surface area contributed by atoms with Crippen molar-refractivity contribution >= 4 is 18.3 Å². The van der Waals surface area contributed by atoms with Crippen LogP contribution in [0.3, 0.4) is 0 Å². The summed E-state index contributed by atoms with van der Waals surface area (Å²) in [4.78, 5) is 0.